The Morgan fingerprint density at radius 2 is 1.74 bits per heavy atom. The van der Waals surface area contributed by atoms with Gasteiger partial charge in [0.05, 0.1) is 11.9 Å². The molecule has 0 saturated carbocycles. The van der Waals surface area contributed by atoms with Crippen molar-refractivity contribution in [3.05, 3.63) is 64.7 Å². The van der Waals surface area contributed by atoms with Crippen LogP contribution < -0.4 is 4.31 Å². The lowest BCUT2D eigenvalue weighted by atomic mass is 10.2. The Bertz CT molecular complexity index is 990. The second kappa shape index (κ2) is 10.5. The summed E-state index contributed by atoms with van der Waals surface area (Å²) < 4.78 is 26.0. The van der Waals surface area contributed by atoms with E-state index in [0.29, 0.717) is 36.6 Å². The molecule has 0 aromatic heterocycles. The van der Waals surface area contributed by atoms with Crippen molar-refractivity contribution < 1.29 is 13.2 Å². The first-order valence-electron chi connectivity index (χ1n) is 10.5. The van der Waals surface area contributed by atoms with Gasteiger partial charge in [0.2, 0.25) is 15.9 Å². The van der Waals surface area contributed by atoms with Crippen molar-refractivity contribution >= 4 is 33.2 Å². The lowest BCUT2D eigenvalue weighted by Crippen LogP contribution is -2.48. The summed E-state index contributed by atoms with van der Waals surface area (Å²) in [5.74, 6) is 0.0793. The van der Waals surface area contributed by atoms with E-state index in [1.165, 1.54) is 16.1 Å². The molecule has 1 aliphatic rings. The molecule has 0 radical (unpaired) electrons. The van der Waals surface area contributed by atoms with Gasteiger partial charge in [-0.15, -0.1) is 0 Å². The SMILES string of the molecule is Cc1ccc(Cl)cc1N(CCCC(=O)N1CCN(Cc2ccccc2)CC1)S(C)(=O)=O. The zero-order valence-electron chi connectivity index (χ0n) is 18.1. The van der Waals surface area contributed by atoms with Gasteiger partial charge in [0.1, 0.15) is 0 Å². The van der Waals surface area contributed by atoms with Crippen LogP contribution in [0.4, 0.5) is 5.69 Å². The number of hydrogen-bond acceptors (Lipinski definition) is 4. The van der Waals surface area contributed by atoms with E-state index in [4.69, 9.17) is 11.6 Å². The lowest BCUT2D eigenvalue weighted by molar-refractivity contribution is -0.133. The van der Waals surface area contributed by atoms with Crippen LogP contribution in [0, 0.1) is 6.92 Å². The second-order valence-electron chi connectivity index (χ2n) is 8.01. The highest BCUT2D eigenvalue weighted by molar-refractivity contribution is 7.92. The van der Waals surface area contributed by atoms with E-state index in [-0.39, 0.29) is 12.5 Å². The third-order valence-electron chi connectivity index (χ3n) is 5.57. The molecule has 1 aliphatic heterocycles. The smallest absolute Gasteiger partial charge is 0.232 e. The molecule has 0 N–H and O–H groups in total. The summed E-state index contributed by atoms with van der Waals surface area (Å²) in [4.78, 5) is 16.9. The van der Waals surface area contributed by atoms with E-state index in [9.17, 15) is 13.2 Å². The second-order valence-corrected chi connectivity index (χ2v) is 10.4. The van der Waals surface area contributed by atoms with Gasteiger partial charge in [-0.1, -0.05) is 48.0 Å². The van der Waals surface area contributed by atoms with E-state index in [0.717, 1.165) is 25.2 Å². The molecule has 6 nitrogen and oxygen atoms in total. The highest BCUT2D eigenvalue weighted by Crippen LogP contribution is 2.26. The molecule has 2 aromatic carbocycles. The molecular weight excluding hydrogens is 434 g/mol. The lowest BCUT2D eigenvalue weighted by Gasteiger charge is -2.35. The van der Waals surface area contributed by atoms with Gasteiger partial charge >= 0.3 is 0 Å². The fourth-order valence-corrected chi connectivity index (χ4v) is 5.03. The molecule has 168 valence electrons. The molecule has 1 amide bonds. The summed E-state index contributed by atoms with van der Waals surface area (Å²) in [7, 11) is -3.47. The molecule has 2 aromatic rings. The summed E-state index contributed by atoms with van der Waals surface area (Å²) in [6.07, 6.45) is 1.97. The largest absolute Gasteiger partial charge is 0.340 e. The maximum atomic E-state index is 12.7. The van der Waals surface area contributed by atoms with E-state index in [1.807, 2.05) is 30.0 Å². The minimum atomic E-state index is -3.47. The van der Waals surface area contributed by atoms with Crippen molar-refractivity contribution in [2.45, 2.75) is 26.3 Å². The van der Waals surface area contributed by atoms with Gasteiger partial charge in [-0.3, -0.25) is 14.0 Å². The Labute approximate surface area is 190 Å². The zero-order valence-corrected chi connectivity index (χ0v) is 19.7. The fraction of sp³-hybridized carbons (Fsp3) is 0.435. The molecule has 0 bridgehead atoms. The van der Waals surface area contributed by atoms with Crippen molar-refractivity contribution in [3.8, 4) is 0 Å². The van der Waals surface area contributed by atoms with Crippen LogP contribution in [-0.2, 0) is 21.4 Å². The van der Waals surface area contributed by atoms with Crippen molar-refractivity contribution in [1.29, 1.82) is 0 Å². The number of benzene rings is 2. The molecule has 1 saturated heterocycles. The van der Waals surface area contributed by atoms with Gasteiger partial charge in [0.15, 0.2) is 0 Å². The van der Waals surface area contributed by atoms with Crippen LogP contribution in [0.3, 0.4) is 0 Å². The summed E-state index contributed by atoms with van der Waals surface area (Å²) in [6.45, 7) is 6.09. The van der Waals surface area contributed by atoms with Gasteiger partial charge in [-0.25, -0.2) is 8.42 Å². The molecule has 0 spiro atoms. The molecule has 1 fully saturated rings. The first-order valence-corrected chi connectivity index (χ1v) is 12.7. The number of aryl methyl sites for hydroxylation is 1. The van der Waals surface area contributed by atoms with Gasteiger partial charge in [0, 0.05) is 50.7 Å². The third kappa shape index (κ3) is 6.69. The van der Waals surface area contributed by atoms with Crippen molar-refractivity contribution in [3.63, 3.8) is 0 Å². The number of hydrogen-bond donors (Lipinski definition) is 0. The highest BCUT2D eigenvalue weighted by atomic mass is 35.5. The quantitative estimate of drug-likeness (QED) is 0.600. The molecule has 0 unspecified atom stereocenters. The van der Waals surface area contributed by atoms with E-state index < -0.39 is 10.0 Å². The number of halogens is 1. The van der Waals surface area contributed by atoms with Crippen molar-refractivity contribution in [2.75, 3.05) is 43.3 Å². The minimum Gasteiger partial charge on any atom is -0.340 e. The van der Waals surface area contributed by atoms with Crippen molar-refractivity contribution in [1.82, 2.24) is 9.80 Å². The number of amides is 1. The Balaban J connectivity index is 1.50. The average molecular weight is 464 g/mol. The Hall–Kier alpha value is -2.09. The monoisotopic (exact) mass is 463 g/mol. The number of anilines is 1. The number of sulfonamides is 1. The number of carbonyl (C=O) groups is 1. The van der Waals surface area contributed by atoms with Gasteiger partial charge < -0.3 is 4.90 Å². The number of nitrogens with zero attached hydrogens (tertiary/aromatic N) is 3. The maximum absolute atomic E-state index is 12.7. The number of piperazine rings is 1. The standard InChI is InChI=1S/C23H30ClN3O3S/c1-19-10-11-21(24)17-22(19)27(31(2,29)30)12-6-9-23(28)26-15-13-25(14-16-26)18-20-7-4-3-5-8-20/h3-5,7-8,10-11,17H,6,9,12-16,18H2,1-2H3. The zero-order chi connectivity index (χ0) is 22.4. The van der Waals surface area contributed by atoms with Crippen LogP contribution in [0.15, 0.2) is 48.5 Å². The van der Waals surface area contributed by atoms with Crippen molar-refractivity contribution in [2.24, 2.45) is 0 Å². The predicted octanol–water partition coefficient (Wildman–Crippen LogP) is 3.54. The average Bonchev–Trinajstić information content (AvgIpc) is 2.73. The topological polar surface area (TPSA) is 60.9 Å². The summed E-state index contributed by atoms with van der Waals surface area (Å²) >= 11 is 6.07. The van der Waals surface area contributed by atoms with Crippen LogP contribution in [0.2, 0.25) is 5.02 Å². The van der Waals surface area contributed by atoms with E-state index >= 15 is 0 Å². The molecule has 31 heavy (non-hydrogen) atoms. The molecule has 8 heteroatoms. The van der Waals surface area contributed by atoms with Crippen LogP contribution in [0.25, 0.3) is 0 Å². The summed E-state index contributed by atoms with van der Waals surface area (Å²) in [5.41, 5.74) is 2.67. The number of carbonyl (C=O) groups excluding carboxylic acids is 1. The first-order chi connectivity index (χ1) is 14.7. The molecule has 1 heterocycles. The molecular formula is C23H30ClN3O3S. The third-order valence-corrected chi connectivity index (χ3v) is 6.98. The molecule has 0 aliphatic carbocycles. The van der Waals surface area contributed by atoms with Gasteiger partial charge in [-0.2, -0.15) is 0 Å². The molecule has 0 atom stereocenters. The Morgan fingerprint density at radius 3 is 2.39 bits per heavy atom. The van der Waals surface area contributed by atoms with Crippen LogP contribution in [0.5, 0.6) is 0 Å². The van der Waals surface area contributed by atoms with Gasteiger partial charge in [0.25, 0.3) is 0 Å². The maximum Gasteiger partial charge on any atom is 0.232 e. The van der Waals surface area contributed by atoms with Crippen LogP contribution in [-0.4, -0.2) is 63.1 Å². The minimum absolute atomic E-state index is 0.0793. The van der Waals surface area contributed by atoms with E-state index in [2.05, 4.69) is 17.0 Å². The summed E-state index contributed by atoms with van der Waals surface area (Å²) in [5, 5.41) is 0.485. The van der Waals surface area contributed by atoms with E-state index in [1.54, 1.807) is 18.2 Å². The van der Waals surface area contributed by atoms with Crippen LogP contribution >= 0.6 is 11.6 Å². The number of rotatable bonds is 8. The predicted molar refractivity (Wildman–Crippen MR) is 126 cm³/mol. The normalized spacial score (nSPS) is 15.1. The Kier molecular flexibility index (Phi) is 7.97. The summed E-state index contributed by atoms with van der Waals surface area (Å²) in [6, 6.07) is 15.5. The molecule has 3 rings (SSSR count). The fourth-order valence-electron chi connectivity index (χ4n) is 3.85. The van der Waals surface area contributed by atoms with Crippen LogP contribution in [0.1, 0.15) is 24.0 Å². The van der Waals surface area contributed by atoms with Gasteiger partial charge in [-0.05, 0) is 36.6 Å². The first kappa shape index (κ1) is 23.6. The highest BCUT2D eigenvalue weighted by Gasteiger charge is 2.23. The Morgan fingerprint density at radius 1 is 1.06 bits per heavy atom.